The van der Waals surface area contributed by atoms with Gasteiger partial charge >= 0.3 is 5.97 Å². The molecule has 1 amide bonds. The number of aromatic amines is 1. The second-order valence-corrected chi connectivity index (χ2v) is 9.17. The molecule has 36 heavy (non-hydrogen) atoms. The number of benzene rings is 2. The van der Waals surface area contributed by atoms with E-state index in [-0.39, 0.29) is 17.9 Å². The first-order valence-electron chi connectivity index (χ1n) is 11.6. The normalized spacial score (nSPS) is 15.8. The van der Waals surface area contributed by atoms with Gasteiger partial charge in [0.2, 0.25) is 0 Å². The van der Waals surface area contributed by atoms with E-state index < -0.39 is 23.8 Å². The monoisotopic (exact) mass is 515 g/mol. The standard InChI is InChI=1S/C25H27ClFN5O4/c26-19-5-6-22(27)21(13-19)17-3-1-16(2-4-17)11-20(29-24(33)23-14-28-31-30-23)12-18(25(34)35)15-32-7-9-36-10-8-32/h1-6,13-14,18,20H,7-12,15H2,(H,29,33)(H,34,35)(H,28,30,31). The maximum atomic E-state index is 14.3. The minimum atomic E-state index is -0.922. The van der Waals surface area contributed by atoms with E-state index in [1.807, 2.05) is 12.1 Å². The van der Waals surface area contributed by atoms with Gasteiger partial charge in [-0.15, -0.1) is 0 Å². The highest BCUT2D eigenvalue weighted by Gasteiger charge is 2.27. The quantitative estimate of drug-likeness (QED) is 0.379. The third-order valence-corrected chi connectivity index (χ3v) is 6.39. The SMILES string of the molecule is O=C(NC(Cc1ccc(-c2cc(Cl)ccc2F)cc1)CC(CN1CCOCC1)C(=O)O)c1cn[nH]n1. The molecule has 2 aromatic carbocycles. The predicted molar refractivity (Wildman–Crippen MR) is 131 cm³/mol. The average Bonchev–Trinajstić information content (AvgIpc) is 3.41. The molecule has 190 valence electrons. The Kier molecular flexibility index (Phi) is 8.63. The summed E-state index contributed by atoms with van der Waals surface area (Å²) in [5.74, 6) is -2.43. The predicted octanol–water partition coefficient (Wildman–Crippen LogP) is 3.03. The lowest BCUT2D eigenvalue weighted by atomic mass is 9.93. The number of aromatic nitrogens is 3. The van der Waals surface area contributed by atoms with Crippen LogP contribution in [-0.2, 0) is 16.0 Å². The van der Waals surface area contributed by atoms with Gasteiger partial charge in [0.1, 0.15) is 5.82 Å². The van der Waals surface area contributed by atoms with Gasteiger partial charge in [-0.3, -0.25) is 14.5 Å². The Morgan fingerprint density at radius 2 is 1.94 bits per heavy atom. The van der Waals surface area contributed by atoms with Crippen molar-refractivity contribution < 1.29 is 23.8 Å². The highest BCUT2D eigenvalue weighted by atomic mass is 35.5. The van der Waals surface area contributed by atoms with Crippen molar-refractivity contribution in [3.63, 3.8) is 0 Å². The zero-order valence-electron chi connectivity index (χ0n) is 19.5. The fourth-order valence-electron chi connectivity index (χ4n) is 4.28. The summed E-state index contributed by atoms with van der Waals surface area (Å²) >= 11 is 6.02. The Labute approximate surface area is 212 Å². The van der Waals surface area contributed by atoms with Crippen LogP contribution in [0, 0.1) is 11.7 Å². The van der Waals surface area contributed by atoms with Crippen molar-refractivity contribution in [2.75, 3.05) is 32.8 Å². The van der Waals surface area contributed by atoms with E-state index in [0.717, 1.165) is 5.56 Å². The third-order valence-electron chi connectivity index (χ3n) is 6.16. The Morgan fingerprint density at radius 1 is 1.19 bits per heavy atom. The van der Waals surface area contributed by atoms with Crippen LogP contribution < -0.4 is 5.32 Å². The number of H-pyrrole nitrogens is 1. The Morgan fingerprint density at radius 3 is 2.61 bits per heavy atom. The van der Waals surface area contributed by atoms with Gasteiger partial charge in [0.25, 0.3) is 5.91 Å². The molecule has 0 aliphatic carbocycles. The molecule has 0 spiro atoms. The summed E-state index contributed by atoms with van der Waals surface area (Å²) in [5, 5.41) is 23.1. The van der Waals surface area contributed by atoms with Gasteiger partial charge in [0.15, 0.2) is 5.69 Å². The molecule has 1 saturated heterocycles. The van der Waals surface area contributed by atoms with Crippen molar-refractivity contribution >= 4 is 23.5 Å². The van der Waals surface area contributed by atoms with E-state index in [0.29, 0.717) is 55.4 Å². The number of hydrogen-bond donors (Lipinski definition) is 3. The second-order valence-electron chi connectivity index (χ2n) is 8.73. The van der Waals surface area contributed by atoms with Crippen LogP contribution in [0.2, 0.25) is 5.02 Å². The highest BCUT2D eigenvalue weighted by Crippen LogP contribution is 2.27. The smallest absolute Gasteiger partial charge is 0.307 e. The van der Waals surface area contributed by atoms with E-state index >= 15 is 0 Å². The Balaban J connectivity index is 1.51. The number of morpholine rings is 1. The van der Waals surface area contributed by atoms with E-state index in [1.54, 1.807) is 18.2 Å². The fraction of sp³-hybridized carbons (Fsp3) is 0.360. The number of carboxylic acids is 1. The molecule has 1 aromatic heterocycles. The topological polar surface area (TPSA) is 120 Å². The summed E-state index contributed by atoms with van der Waals surface area (Å²) in [7, 11) is 0. The summed E-state index contributed by atoms with van der Waals surface area (Å²) in [6.07, 6.45) is 1.92. The second kappa shape index (κ2) is 12.1. The number of carbonyl (C=O) groups is 2. The Bertz CT molecular complexity index is 1170. The molecule has 9 nitrogen and oxygen atoms in total. The van der Waals surface area contributed by atoms with E-state index in [4.69, 9.17) is 16.3 Å². The maximum Gasteiger partial charge on any atom is 0.307 e. The summed E-state index contributed by atoms with van der Waals surface area (Å²) in [4.78, 5) is 26.8. The number of hydrogen-bond acceptors (Lipinski definition) is 6. The molecular weight excluding hydrogens is 489 g/mol. The number of amides is 1. The third kappa shape index (κ3) is 6.87. The minimum absolute atomic E-state index is 0.117. The summed E-state index contributed by atoms with van der Waals surface area (Å²) in [5.41, 5.74) is 2.04. The molecule has 1 aliphatic rings. The molecule has 3 aromatic rings. The van der Waals surface area contributed by atoms with Gasteiger partial charge in [-0.2, -0.15) is 15.4 Å². The zero-order valence-corrected chi connectivity index (χ0v) is 20.2. The summed E-state index contributed by atoms with van der Waals surface area (Å²) in [6, 6.07) is 11.1. The molecule has 1 aliphatic heterocycles. The van der Waals surface area contributed by atoms with E-state index in [2.05, 4.69) is 25.6 Å². The van der Waals surface area contributed by atoms with Gasteiger partial charge < -0.3 is 15.2 Å². The van der Waals surface area contributed by atoms with Crippen LogP contribution in [0.5, 0.6) is 0 Å². The largest absolute Gasteiger partial charge is 0.481 e. The van der Waals surface area contributed by atoms with Crippen molar-refractivity contribution in [2.24, 2.45) is 5.92 Å². The van der Waals surface area contributed by atoms with Crippen LogP contribution in [0.15, 0.2) is 48.7 Å². The van der Waals surface area contributed by atoms with Crippen LogP contribution in [0.4, 0.5) is 4.39 Å². The van der Waals surface area contributed by atoms with Crippen LogP contribution in [0.1, 0.15) is 22.5 Å². The van der Waals surface area contributed by atoms with Gasteiger partial charge in [-0.05, 0) is 42.2 Å². The molecule has 0 radical (unpaired) electrons. The van der Waals surface area contributed by atoms with Crippen molar-refractivity contribution in [3.05, 3.63) is 70.8 Å². The van der Waals surface area contributed by atoms with Gasteiger partial charge in [-0.1, -0.05) is 35.9 Å². The van der Waals surface area contributed by atoms with Crippen LogP contribution >= 0.6 is 11.6 Å². The number of carbonyl (C=O) groups excluding carboxylic acids is 1. The van der Waals surface area contributed by atoms with Gasteiger partial charge in [-0.25, -0.2) is 4.39 Å². The highest BCUT2D eigenvalue weighted by molar-refractivity contribution is 6.30. The molecular formula is C25H27ClFN5O4. The lowest BCUT2D eigenvalue weighted by Crippen LogP contribution is -2.44. The summed E-state index contributed by atoms with van der Waals surface area (Å²) in [6.45, 7) is 2.83. The molecule has 2 heterocycles. The fourth-order valence-corrected chi connectivity index (χ4v) is 4.45. The Hall–Kier alpha value is -3.34. The molecule has 2 unspecified atom stereocenters. The average molecular weight is 516 g/mol. The molecule has 0 bridgehead atoms. The molecule has 0 saturated carbocycles. The summed E-state index contributed by atoms with van der Waals surface area (Å²) < 4.78 is 19.6. The first kappa shape index (κ1) is 25.7. The van der Waals surface area contributed by atoms with Crippen molar-refractivity contribution in [1.29, 1.82) is 0 Å². The number of nitrogens with one attached hydrogen (secondary N) is 2. The lowest BCUT2D eigenvalue weighted by Gasteiger charge is -2.30. The van der Waals surface area contributed by atoms with E-state index in [9.17, 15) is 19.1 Å². The molecule has 1 fully saturated rings. The van der Waals surface area contributed by atoms with Crippen molar-refractivity contribution in [3.8, 4) is 11.1 Å². The van der Waals surface area contributed by atoms with Gasteiger partial charge in [0.05, 0.1) is 25.3 Å². The minimum Gasteiger partial charge on any atom is -0.481 e. The number of nitrogens with zero attached hydrogens (tertiary/aromatic N) is 3. The maximum absolute atomic E-state index is 14.3. The number of ether oxygens (including phenoxy) is 1. The molecule has 2 atom stereocenters. The molecule has 11 heteroatoms. The van der Waals surface area contributed by atoms with E-state index in [1.165, 1.54) is 18.3 Å². The molecule has 3 N–H and O–H groups in total. The van der Waals surface area contributed by atoms with Crippen LogP contribution in [0.3, 0.4) is 0 Å². The zero-order chi connectivity index (χ0) is 25.5. The first-order valence-corrected chi connectivity index (χ1v) is 12.0. The van der Waals surface area contributed by atoms with Crippen LogP contribution in [0.25, 0.3) is 11.1 Å². The van der Waals surface area contributed by atoms with Crippen molar-refractivity contribution in [2.45, 2.75) is 18.9 Å². The lowest BCUT2D eigenvalue weighted by molar-refractivity contribution is -0.143. The van der Waals surface area contributed by atoms with Crippen LogP contribution in [-0.4, -0.2) is 76.2 Å². The number of carboxylic acid groups (broad SMARTS) is 1. The first-order chi connectivity index (χ1) is 17.4. The van der Waals surface area contributed by atoms with Gasteiger partial charge in [0, 0.05) is 36.3 Å². The number of rotatable bonds is 10. The number of aliphatic carboxylic acids is 1. The van der Waals surface area contributed by atoms with Crippen molar-refractivity contribution in [1.82, 2.24) is 25.6 Å². The molecule has 4 rings (SSSR count). The number of halogens is 2.